The quantitative estimate of drug-likeness (QED) is 0.927. The highest BCUT2D eigenvalue weighted by Gasteiger charge is 2.45. The number of carbonyl (C=O) groups is 1. The van der Waals surface area contributed by atoms with Crippen LogP contribution in [0.3, 0.4) is 0 Å². The van der Waals surface area contributed by atoms with Gasteiger partial charge in [0.2, 0.25) is 0 Å². The van der Waals surface area contributed by atoms with Crippen molar-refractivity contribution < 1.29 is 9.90 Å². The second-order valence-corrected chi connectivity index (χ2v) is 6.12. The Hall–Kier alpha value is -2.02. The molecular formula is C13H12N4O2S. The summed E-state index contributed by atoms with van der Waals surface area (Å²) in [6.45, 7) is 2.16. The van der Waals surface area contributed by atoms with Crippen LogP contribution in [0.15, 0.2) is 17.8 Å². The van der Waals surface area contributed by atoms with Crippen LogP contribution in [0.2, 0.25) is 0 Å². The number of piperidine rings is 1. The number of anilines is 1. The van der Waals surface area contributed by atoms with Crippen LogP contribution in [0.25, 0.3) is 10.7 Å². The van der Waals surface area contributed by atoms with E-state index in [-0.39, 0.29) is 5.69 Å². The third-order valence-corrected chi connectivity index (χ3v) is 4.75. The van der Waals surface area contributed by atoms with Gasteiger partial charge in [0.15, 0.2) is 5.69 Å². The van der Waals surface area contributed by atoms with Crippen LogP contribution in [-0.2, 0) is 0 Å². The second-order valence-electron chi connectivity index (χ2n) is 5.26. The Morgan fingerprint density at radius 2 is 2.10 bits per heavy atom. The third kappa shape index (κ3) is 1.94. The minimum Gasteiger partial charge on any atom is -0.476 e. The molecule has 102 valence electrons. The Kier molecular flexibility index (Phi) is 2.50. The van der Waals surface area contributed by atoms with E-state index in [2.05, 4.69) is 19.9 Å². The minimum atomic E-state index is -1.02. The molecule has 3 heterocycles. The normalized spacial score (nSPS) is 23.7. The molecule has 2 atom stereocenters. The largest absolute Gasteiger partial charge is 0.476 e. The number of rotatable bonds is 3. The fraction of sp³-hybridized carbons (Fsp3) is 0.385. The number of hydrogen-bond donors (Lipinski definition) is 1. The van der Waals surface area contributed by atoms with Crippen molar-refractivity contribution in [2.24, 2.45) is 11.8 Å². The standard InChI is InChI=1S/C13H12N4O2S/c18-13(19)10-6-20-12(16-10)9-2-15-11(3-14-9)17-4-7-1-8(7)5-17/h2-3,6-8H,1,4-5H2,(H,18,19). The van der Waals surface area contributed by atoms with Gasteiger partial charge in [0.1, 0.15) is 16.5 Å². The lowest BCUT2D eigenvalue weighted by Gasteiger charge is -2.18. The summed E-state index contributed by atoms with van der Waals surface area (Å²) >= 11 is 1.27. The molecule has 1 aliphatic carbocycles. The Bertz CT molecular complexity index is 659. The van der Waals surface area contributed by atoms with Gasteiger partial charge < -0.3 is 10.0 Å². The van der Waals surface area contributed by atoms with Crippen molar-refractivity contribution in [1.29, 1.82) is 0 Å². The lowest BCUT2D eigenvalue weighted by molar-refractivity contribution is 0.0691. The first kappa shape index (κ1) is 11.8. The van der Waals surface area contributed by atoms with Gasteiger partial charge in [-0.3, -0.25) is 0 Å². The predicted molar refractivity (Wildman–Crippen MR) is 73.9 cm³/mol. The third-order valence-electron chi connectivity index (χ3n) is 3.88. The smallest absolute Gasteiger partial charge is 0.355 e. The van der Waals surface area contributed by atoms with Gasteiger partial charge in [-0.05, 0) is 18.3 Å². The van der Waals surface area contributed by atoms with E-state index in [9.17, 15) is 4.79 Å². The summed E-state index contributed by atoms with van der Waals surface area (Å²) in [4.78, 5) is 25.9. The van der Waals surface area contributed by atoms with Crippen molar-refractivity contribution in [2.45, 2.75) is 6.42 Å². The summed E-state index contributed by atoms with van der Waals surface area (Å²) in [5, 5.41) is 11.0. The van der Waals surface area contributed by atoms with Crippen molar-refractivity contribution in [3.63, 3.8) is 0 Å². The summed E-state index contributed by atoms with van der Waals surface area (Å²) in [7, 11) is 0. The van der Waals surface area contributed by atoms with Gasteiger partial charge in [0, 0.05) is 18.5 Å². The van der Waals surface area contributed by atoms with Crippen LogP contribution in [-0.4, -0.2) is 39.1 Å². The van der Waals surface area contributed by atoms with Crippen LogP contribution in [0.4, 0.5) is 5.82 Å². The maximum absolute atomic E-state index is 10.8. The molecule has 0 spiro atoms. The second kappa shape index (κ2) is 4.24. The monoisotopic (exact) mass is 288 g/mol. The molecule has 1 saturated carbocycles. The molecular weight excluding hydrogens is 276 g/mol. The van der Waals surface area contributed by atoms with E-state index in [0.29, 0.717) is 10.7 Å². The number of aromatic carboxylic acids is 1. The molecule has 6 nitrogen and oxygen atoms in total. The summed E-state index contributed by atoms with van der Waals surface area (Å²) in [5.74, 6) is 1.59. The SMILES string of the molecule is O=C(O)c1csc(-c2cnc(N3CC4CC4C3)cn2)n1. The highest BCUT2D eigenvalue weighted by molar-refractivity contribution is 7.13. The molecule has 2 aliphatic rings. The van der Waals surface area contributed by atoms with E-state index >= 15 is 0 Å². The van der Waals surface area contributed by atoms with Crippen molar-refractivity contribution >= 4 is 23.1 Å². The van der Waals surface area contributed by atoms with Gasteiger partial charge in [0.05, 0.1) is 12.4 Å². The van der Waals surface area contributed by atoms with Gasteiger partial charge in [-0.2, -0.15) is 0 Å². The number of aromatic nitrogens is 3. The van der Waals surface area contributed by atoms with E-state index in [1.54, 1.807) is 12.4 Å². The van der Waals surface area contributed by atoms with Gasteiger partial charge in [0.25, 0.3) is 0 Å². The summed E-state index contributed by atoms with van der Waals surface area (Å²) in [6, 6.07) is 0. The highest BCUT2D eigenvalue weighted by Crippen LogP contribution is 2.45. The number of hydrogen-bond acceptors (Lipinski definition) is 6. The van der Waals surface area contributed by atoms with Crippen LogP contribution < -0.4 is 4.90 Å². The Morgan fingerprint density at radius 1 is 1.30 bits per heavy atom. The fourth-order valence-corrected chi connectivity index (χ4v) is 3.42. The molecule has 4 rings (SSSR count). The maximum atomic E-state index is 10.8. The molecule has 1 aliphatic heterocycles. The zero-order chi connectivity index (χ0) is 13.7. The van der Waals surface area contributed by atoms with E-state index in [1.165, 1.54) is 23.1 Å². The fourth-order valence-electron chi connectivity index (χ4n) is 2.67. The summed E-state index contributed by atoms with van der Waals surface area (Å²) in [5.41, 5.74) is 0.672. The average Bonchev–Trinajstić information content (AvgIpc) is 2.92. The molecule has 1 N–H and O–H groups in total. The number of carboxylic acid groups (broad SMARTS) is 1. The molecule has 2 fully saturated rings. The van der Waals surface area contributed by atoms with Crippen LogP contribution in [0, 0.1) is 11.8 Å². The first-order chi connectivity index (χ1) is 9.70. The van der Waals surface area contributed by atoms with Gasteiger partial charge in [-0.1, -0.05) is 0 Å². The average molecular weight is 288 g/mol. The first-order valence-corrected chi connectivity index (χ1v) is 7.35. The molecule has 7 heteroatoms. The summed E-state index contributed by atoms with van der Waals surface area (Å²) < 4.78 is 0. The van der Waals surface area contributed by atoms with E-state index in [1.807, 2.05) is 0 Å². The predicted octanol–water partition coefficient (Wildman–Crippen LogP) is 1.75. The molecule has 1 saturated heterocycles. The number of thiazole rings is 1. The van der Waals surface area contributed by atoms with Crippen molar-refractivity contribution in [3.8, 4) is 10.7 Å². The lowest BCUT2D eigenvalue weighted by atomic mass is 10.4. The van der Waals surface area contributed by atoms with Crippen LogP contribution in [0.1, 0.15) is 16.9 Å². The van der Waals surface area contributed by atoms with Crippen LogP contribution >= 0.6 is 11.3 Å². The molecule has 0 radical (unpaired) electrons. The summed E-state index contributed by atoms with van der Waals surface area (Å²) in [6.07, 6.45) is 4.78. The lowest BCUT2D eigenvalue weighted by Crippen LogP contribution is -2.22. The van der Waals surface area contributed by atoms with Gasteiger partial charge in [-0.25, -0.2) is 19.7 Å². The van der Waals surface area contributed by atoms with Gasteiger partial charge >= 0.3 is 5.97 Å². The molecule has 0 amide bonds. The number of fused-ring (bicyclic) bond motifs is 1. The Balaban J connectivity index is 1.55. The van der Waals surface area contributed by atoms with Crippen molar-refractivity contribution in [1.82, 2.24) is 15.0 Å². The van der Waals surface area contributed by atoms with E-state index in [4.69, 9.17) is 5.11 Å². The molecule has 0 aromatic carbocycles. The molecule has 2 unspecified atom stereocenters. The molecule has 2 aromatic rings. The van der Waals surface area contributed by atoms with E-state index in [0.717, 1.165) is 30.7 Å². The zero-order valence-electron chi connectivity index (χ0n) is 10.6. The topological polar surface area (TPSA) is 79.2 Å². The maximum Gasteiger partial charge on any atom is 0.355 e. The van der Waals surface area contributed by atoms with Crippen molar-refractivity contribution in [2.75, 3.05) is 18.0 Å². The molecule has 0 bridgehead atoms. The Morgan fingerprint density at radius 3 is 2.70 bits per heavy atom. The number of nitrogens with zero attached hydrogens (tertiary/aromatic N) is 4. The van der Waals surface area contributed by atoms with Gasteiger partial charge in [-0.15, -0.1) is 11.3 Å². The van der Waals surface area contributed by atoms with Crippen molar-refractivity contribution in [3.05, 3.63) is 23.5 Å². The first-order valence-electron chi connectivity index (χ1n) is 6.47. The number of carboxylic acids is 1. The zero-order valence-corrected chi connectivity index (χ0v) is 11.4. The van der Waals surface area contributed by atoms with E-state index < -0.39 is 5.97 Å². The highest BCUT2D eigenvalue weighted by atomic mass is 32.1. The molecule has 2 aromatic heterocycles. The van der Waals surface area contributed by atoms with Crippen LogP contribution in [0.5, 0.6) is 0 Å². The Labute approximate surface area is 119 Å². The molecule has 20 heavy (non-hydrogen) atoms. The minimum absolute atomic E-state index is 0.0514.